The summed E-state index contributed by atoms with van der Waals surface area (Å²) in [5.41, 5.74) is 4.91. The minimum Gasteiger partial charge on any atom is -0.478 e. The van der Waals surface area contributed by atoms with Crippen molar-refractivity contribution in [3.05, 3.63) is 24.8 Å². The maximum Gasteiger partial charge on any atom is 0.330 e. The predicted molar refractivity (Wildman–Crippen MR) is 48.0 cm³/mol. The summed E-state index contributed by atoms with van der Waals surface area (Å²) in [6.45, 7) is 3.94. The van der Waals surface area contributed by atoms with Crippen LogP contribution in [0, 0.1) is 0 Å². The number of rotatable bonds is 3. The fourth-order valence-corrected chi connectivity index (χ4v) is 0.207. The zero-order valence-corrected chi connectivity index (χ0v) is 7.40. The lowest BCUT2D eigenvalue weighted by Gasteiger charge is -1.85. The van der Waals surface area contributed by atoms with E-state index in [9.17, 15) is 9.59 Å². The van der Waals surface area contributed by atoms with Crippen LogP contribution in [-0.2, 0) is 14.3 Å². The monoisotopic (exact) mass is 187 g/mol. The number of carboxylic acid groups (broad SMARTS) is 1. The molecule has 5 heteroatoms. The van der Waals surface area contributed by atoms with E-state index < -0.39 is 11.9 Å². The number of hydrogen-bond donors (Lipinski definition) is 2. The number of carbonyl (C=O) groups is 2. The maximum atomic E-state index is 10.1. The van der Waals surface area contributed by atoms with Gasteiger partial charge in [0.1, 0.15) is 0 Å². The molecule has 0 heterocycles. The van der Waals surface area contributed by atoms with Crippen LogP contribution in [0.3, 0.4) is 0 Å². The van der Waals surface area contributed by atoms with Gasteiger partial charge in [-0.05, 0) is 0 Å². The molecule has 0 amide bonds. The highest BCUT2D eigenvalue weighted by atomic mass is 16.5. The van der Waals surface area contributed by atoms with E-state index in [-0.39, 0.29) is 0 Å². The van der Waals surface area contributed by atoms with E-state index in [0.717, 1.165) is 6.08 Å². The average molecular weight is 187 g/mol. The molecule has 0 rings (SSSR count). The molecule has 0 bridgehead atoms. The largest absolute Gasteiger partial charge is 0.478 e. The number of hydrogen-bond acceptors (Lipinski definition) is 4. The van der Waals surface area contributed by atoms with Crippen molar-refractivity contribution in [2.24, 2.45) is 5.73 Å². The van der Waals surface area contributed by atoms with Crippen molar-refractivity contribution in [1.29, 1.82) is 0 Å². The second-order valence-electron chi connectivity index (χ2n) is 1.72. The van der Waals surface area contributed by atoms with Gasteiger partial charge in [0.25, 0.3) is 0 Å². The molecule has 0 aromatic rings. The van der Waals surface area contributed by atoms with Gasteiger partial charge in [0.15, 0.2) is 0 Å². The Morgan fingerprint density at radius 1 is 1.54 bits per heavy atom. The van der Waals surface area contributed by atoms with Crippen molar-refractivity contribution < 1.29 is 19.4 Å². The second-order valence-corrected chi connectivity index (χ2v) is 1.72. The van der Waals surface area contributed by atoms with E-state index in [4.69, 9.17) is 10.8 Å². The molecule has 0 radical (unpaired) electrons. The lowest BCUT2D eigenvalue weighted by atomic mass is 10.5. The van der Waals surface area contributed by atoms with Crippen molar-refractivity contribution in [3.8, 4) is 0 Å². The molecular weight excluding hydrogens is 174 g/mol. The summed E-state index contributed by atoms with van der Waals surface area (Å²) in [5, 5.41) is 7.96. The molecule has 3 N–H and O–H groups in total. The van der Waals surface area contributed by atoms with Crippen molar-refractivity contribution >= 4 is 11.9 Å². The molecule has 0 fully saturated rings. The molecule has 0 aliphatic rings. The quantitative estimate of drug-likeness (QED) is 0.367. The third-order valence-electron chi connectivity index (χ3n) is 0.730. The van der Waals surface area contributed by atoms with E-state index in [0.29, 0.717) is 12.6 Å². The highest BCUT2D eigenvalue weighted by Crippen LogP contribution is 1.76. The Labute approximate surface area is 76.5 Å². The SMILES string of the molecule is C=CCN.COC(=O)/C=C\C(=O)O. The van der Waals surface area contributed by atoms with Crippen LogP contribution in [0.15, 0.2) is 24.8 Å². The number of carboxylic acids is 1. The van der Waals surface area contributed by atoms with Crippen LogP contribution in [0.1, 0.15) is 0 Å². The first-order valence-corrected chi connectivity index (χ1v) is 3.38. The van der Waals surface area contributed by atoms with Gasteiger partial charge in [0.05, 0.1) is 7.11 Å². The topological polar surface area (TPSA) is 89.6 Å². The first-order chi connectivity index (χ1) is 6.08. The number of methoxy groups -OCH3 is 1. The van der Waals surface area contributed by atoms with Crippen LogP contribution in [0.2, 0.25) is 0 Å². The zero-order valence-electron chi connectivity index (χ0n) is 7.40. The summed E-state index contributed by atoms with van der Waals surface area (Å²) in [4.78, 5) is 19.9. The second kappa shape index (κ2) is 10.4. The van der Waals surface area contributed by atoms with Crippen molar-refractivity contribution in [1.82, 2.24) is 0 Å². The Kier molecular flexibility index (Phi) is 11.1. The molecule has 0 aliphatic carbocycles. The van der Waals surface area contributed by atoms with Crippen LogP contribution in [0.25, 0.3) is 0 Å². The van der Waals surface area contributed by atoms with Crippen molar-refractivity contribution in [3.63, 3.8) is 0 Å². The van der Waals surface area contributed by atoms with E-state index in [1.807, 2.05) is 0 Å². The summed E-state index contributed by atoms with van der Waals surface area (Å²) in [5.74, 6) is -1.84. The van der Waals surface area contributed by atoms with Crippen molar-refractivity contribution in [2.45, 2.75) is 0 Å². The number of ether oxygens (including phenoxy) is 1. The first kappa shape index (κ1) is 13.9. The third kappa shape index (κ3) is 17.9. The molecule has 0 spiro atoms. The smallest absolute Gasteiger partial charge is 0.330 e. The number of nitrogens with two attached hydrogens (primary N) is 1. The molecule has 5 nitrogen and oxygen atoms in total. The van der Waals surface area contributed by atoms with Crippen LogP contribution in [0.5, 0.6) is 0 Å². The minimum absolute atomic E-state index is 0.583. The zero-order chi connectivity index (χ0) is 10.7. The fourth-order valence-electron chi connectivity index (χ4n) is 0.207. The predicted octanol–water partition coefficient (Wildman–Crippen LogP) is -0.0687. The van der Waals surface area contributed by atoms with Crippen LogP contribution in [0.4, 0.5) is 0 Å². The molecular formula is C8H13NO4. The van der Waals surface area contributed by atoms with Gasteiger partial charge in [-0.3, -0.25) is 0 Å². The molecule has 0 saturated heterocycles. The Bertz CT molecular complexity index is 198. The molecule has 0 aromatic heterocycles. The standard InChI is InChI=1S/C5H6O4.C3H7N/c1-9-5(8)3-2-4(6)7;1-2-3-4/h2-3H,1H3,(H,6,7);2H,1,3-4H2/b3-2-;. The van der Waals surface area contributed by atoms with Gasteiger partial charge in [-0.1, -0.05) is 6.08 Å². The summed E-state index contributed by atoms with van der Waals surface area (Å²) in [6, 6.07) is 0. The Balaban J connectivity index is 0. The summed E-state index contributed by atoms with van der Waals surface area (Å²) in [6.07, 6.45) is 3.20. The highest BCUT2D eigenvalue weighted by Gasteiger charge is 1.91. The summed E-state index contributed by atoms with van der Waals surface area (Å²) < 4.78 is 4.11. The summed E-state index contributed by atoms with van der Waals surface area (Å²) >= 11 is 0. The average Bonchev–Trinajstić information content (AvgIpc) is 2.14. The first-order valence-electron chi connectivity index (χ1n) is 3.38. The van der Waals surface area contributed by atoms with E-state index >= 15 is 0 Å². The van der Waals surface area contributed by atoms with Crippen molar-refractivity contribution in [2.75, 3.05) is 13.7 Å². The van der Waals surface area contributed by atoms with Gasteiger partial charge in [-0.25, -0.2) is 9.59 Å². The molecule has 13 heavy (non-hydrogen) atoms. The number of aliphatic carboxylic acids is 1. The molecule has 0 atom stereocenters. The normalized spacial score (nSPS) is 8.46. The number of carbonyl (C=O) groups excluding carboxylic acids is 1. The van der Waals surface area contributed by atoms with Gasteiger partial charge >= 0.3 is 11.9 Å². The van der Waals surface area contributed by atoms with Gasteiger partial charge in [-0.2, -0.15) is 0 Å². The number of esters is 1. The summed E-state index contributed by atoms with van der Waals surface area (Å²) in [7, 11) is 1.18. The van der Waals surface area contributed by atoms with Gasteiger partial charge in [-0.15, -0.1) is 6.58 Å². The maximum absolute atomic E-state index is 10.1. The molecule has 0 aromatic carbocycles. The minimum atomic E-state index is -1.17. The van der Waals surface area contributed by atoms with Crippen LogP contribution >= 0.6 is 0 Å². The molecule has 74 valence electrons. The van der Waals surface area contributed by atoms with Gasteiger partial charge < -0.3 is 15.6 Å². The molecule has 0 saturated carbocycles. The Morgan fingerprint density at radius 2 is 2.00 bits per heavy atom. The van der Waals surface area contributed by atoms with E-state index in [1.54, 1.807) is 6.08 Å². The molecule has 0 aliphatic heterocycles. The van der Waals surface area contributed by atoms with Crippen LogP contribution in [-0.4, -0.2) is 30.7 Å². The third-order valence-corrected chi connectivity index (χ3v) is 0.730. The lowest BCUT2D eigenvalue weighted by Crippen LogP contribution is -1.96. The highest BCUT2D eigenvalue weighted by molar-refractivity contribution is 5.90. The van der Waals surface area contributed by atoms with E-state index in [1.165, 1.54) is 7.11 Å². The van der Waals surface area contributed by atoms with Gasteiger partial charge in [0.2, 0.25) is 0 Å². The van der Waals surface area contributed by atoms with Crippen LogP contribution < -0.4 is 5.73 Å². The Hall–Kier alpha value is -1.62. The lowest BCUT2D eigenvalue weighted by molar-refractivity contribution is -0.136. The molecule has 0 unspecified atom stereocenters. The Morgan fingerprint density at radius 3 is 2.23 bits per heavy atom. The van der Waals surface area contributed by atoms with E-state index in [2.05, 4.69) is 11.3 Å². The van der Waals surface area contributed by atoms with Gasteiger partial charge in [0, 0.05) is 18.7 Å². The fraction of sp³-hybridized carbons (Fsp3) is 0.250.